The Morgan fingerprint density at radius 1 is 1.16 bits per heavy atom. The number of hydrogen-bond acceptors (Lipinski definition) is 3. The zero-order valence-corrected chi connectivity index (χ0v) is 10.5. The van der Waals surface area contributed by atoms with Crippen molar-refractivity contribution in [1.82, 2.24) is 15.3 Å². The van der Waals surface area contributed by atoms with Gasteiger partial charge in [-0.3, -0.25) is 0 Å². The van der Waals surface area contributed by atoms with E-state index in [0.717, 1.165) is 30.7 Å². The minimum atomic E-state index is -0.601. The fourth-order valence-corrected chi connectivity index (χ4v) is 2.08. The molecule has 98 valence electrons. The van der Waals surface area contributed by atoms with Crippen molar-refractivity contribution < 1.29 is 8.78 Å². The van der Waals surface area contributed by atoms with Crippen LogP contribution >= 0.6 is 0 Å². The first-order valence-corrected chi connectivity index (χ1v) is 6.15. The molecule has 1 aliphatic rings. The molecule has 3 rings (SSSR count). The predicted molar refractivity (Wildman–Crippen MR) is 67.7 cm³/mol. The quantitative estimate of drug-likeness (QED) is 0.902. The van der Waals surface area contributed by atoms with Crippen molar-refractivity contribution in [1.29, 1.82) is 0 Å². The highest BCUT2D eigenvalue weighted by Gasteiger charge is 2.23. The van der Waals surface area contributed by atoms with Gasteiger partial charge in [0.15, 0.2) is 0 Å². The van der Waals surface area contributed by atoms with Crippen LogP contribution in [0.3, 0.4) is 0 Å². The van der Waals surface area contributed by atoms with E-state index in [9.17, 15) is 8.78 Å². The highest BCUT2D eigenvalue weighted by atomic mass is 19.1. The summed E-state index contributed by atoms with van der Waals surface area (Å²) in [5, 5.41) is 3.15. The lowest BCUT2D eigenvalue weighted by Gasteiger charge is -2.26. The topological polar surface area (TPSA) is 37.8 Å². The third-order valence-electron chi connectivity index (χ3n) is 3.23. The van der Waals surface area contributed by atoms with Crippen molar-refractivity contribution in [2.45, 2.75) is 12.8 Å². The zero-order valence-electron chi connectivity index (χ0n) is 10.5. The van der Waals surface area contributed by atoms with Gasteiger partial charge in [-0.2, -0.15) is 0 Å². The molecular weight excluding hydrogens is 248 g/mol. The molecule has 0 aliphatic carbocycles. The molecule has 0 unspecified atom stereocenters. The van der Waals surface area contributed by atoms with Crippen LogP contribution in [0, 0.1) is 18.6 Å². The Balaban J connectivity index is 2.06. The maximum absolute atomic E-state index is 13.8. The highest BCUT2D eigenvalue weighted by molar-refractivity contribution is 5.60. The third-order valence-corrected chi connectivity index (χ3v) is 3.23. The summed E-state index contributed by atoms with van der Waals surface area (Å²) >= 11 is 0. The van der Waals surface area contributed by atoms with E-state index in [4.69, 9.17) is 0 Å². The van der Waals surface area contributed by atoms with Gasteiger partial charge in [0.2, 0.25) is 0 Å². The average Bonchev–Trinajstić information content (AvgIpc) is 2.25. The lowest BCUT2D eigenvalue weighted by molar-refractivity contribution is 0.429. The van der Waals surface area contributed by atoms with E-state index in [1.165, 1.54) is 12.1 Å². The molecule has 3 nitrogen and oxygen atoms in total. The molecular formula is C14H13F2N3. The SMILES string of the molecule is Cc1cc(-c2ccc(F)cc2F)nc(C2CNC2)n1. The Labute approximate surface area is 109 Å². The van der Waals surface area contributed by atoms with Crippen LogP contribution in [0.4, 0.5) is 8.78 Å². The molecule has 0 spiro atoms. The molecule has 1 N–H and O–H groups in total. The summed E-state index contributed by atoms with van der Waals surface area (Å²) in [5.41, 5.74) is 1.60. The monoisotopic (exact) mass is 261 g/mol. The van der Waals surface area contributed by atoms with Crippen molar-refractivity contribution in [2.24, 2.45) is 0 Å². The number of aromatic nitrogens is 2. The predicted octanol–water partition coefficient (Wildman–Crippen LogP) is 2.42. The molecule has 5 heteroatoms. The van der Waals surface area contributed by atoms with Gasteiger partial charge in [0.25, 0.3) is 0 Å². The summed E-state index contributed by atoms with van der Waals surface area (Å²) in [4.78, 5) is 8.78. The number of aryl methyl sites for hydroxylation is 1. The number of benzene rings is 1. The van der Waals surface area contributed by atoms with Crippen molar-refractivity contribution >= 4 is 0 Å². The number of hydrogen-bond donors (Lipinski definition) is 1. The van der Waals surface area contributed by atoms with Crippen LogP contribution in [0.1, 0.15) is 17.4 Å². The Morgan fingerprint density at radius 2 is 1.95 bits per heavy atom. The van der Waals surface area contributed by atoms with E-state index in [0.29, 0.717) is 11.3 Å². The maximum Gasteiger partial charge on any atom is 0.135 e. The van der Waals surface area contributed by atoms with E-state index in [1.54, 1.807) is 6.07 Å². The fourth-order valence-electron chi connectivity index (χ4n) is 2.08. The molecule has 0 amide bonds. The van der Waals surface area contributed by atoms with Gasteiger partial charge in [-0.25, -0.2) is 18.7 Å². The summed E-state index contributed by atoms with van der Waals surface area (Å²) in [7, 11) is 0. The van der Waals surface area contributed by atoms with Gasteiger partial charge >= 0.3 is 0 Å². The van der Waals surface area contributed by atoms with Crippen LogP contribution in [0.25, 0.3) is 11.3 Å². The Hall–Kier alpha value is -1.88. The minimum Gasteiger partial charge on any atom is -0.315 e. The van der Waals surface area contributed by atoms with E-state index in [1.807, 2.05) is 6.92 Å². The zero-order chi connectivity index (χ0) is 13.4. The molecule has 1 aromatic heterocycles. The number of rotatable bonds is 2. The Kier molecular flexibility index (Phi) is 2.98. The second-order valence-electron chi connectivity index (χ2n) is 4.73. The van der Waals surface area contributed by atoms with Crippen LogP contribution in [0.5, 0.6) is 0 Å². The molecule has 1 saturated heterocycles. The Bertz CT molecular complexity index is 624. The standard InChI is InChI=1S/C14H13F2N3/c1-8-4-13(11-3-2-10(15)5-12(11)16)19-14(18-8)9-6-17-7-9/h2-5,9,17H,6-7H2,1H3. The molecule has 0 bridgehead atoms. The van der Waals surface area contributed by atoms with Crippen LogP contribution in [-0.4, -0.2) is 23.1 Å². The van der Waals surface area contributed by atoms with Gasteiger partial charge in [-0.15, -0.1) is 0 Å². The van der Waals surface area contributed by atoms with Crippen LogP contribution < -0.4 is 5.32 Å². The summed E-state index contributed by atoms with van der Waals surface area (Å²) in [6, 6.07) is 5.24. The third kappa shape index (κ3) is 2.33. The molecule has 0 atom stereocenters. The van der Waals surface area contributed by atoms with Gasteiger partial charge in [0, 0.05) is 36.3 Å². The minimum absolute atomic E-state index is 0.280. The van der Waals surface area contributed by atoms with E-state index in [2.05, 4.69) is 15.3 Å². The largest absolute Gasteiger partial charge is 0.315 e. The van der Waals surface area contributed by atoms with Crippen LogP contribution in [0.15, 0.2) is 24.3 Å². The smallest absolute Gasteiger partial charge is 0.135 e. The van der Waals surface area contributed by atoms with Gasteiger partial charge < -0.3 is 5.32 Å². The molecule has 1 aliphatic heterocycles. The lowest BCUT2D eigenvalue weighted by atomic mass is 10.0. The van der Waals surface area contributed by atoms with Gasteiger partial charge in [-0.1, -0.05) is 0 Å². The van der Waals surface area contributed by atoms with Crippen molar-refractivity contribution in [3.8, 4) is 11.3 Å². The number of nitrogens with one attached hydrogen (secondary N) is 1. The van der Waals surface area contributed by atoms with Crippen molar-refractivity contribution in [3.63, 3.8) is 0 Å². The van der Waals surface area contributed by atoms with Gasteiger partial charge in [0.05, 0.1) is 5.69 Å². The molecule has 1 fully saturated rings. The highest BCUT2D eigenvalue weighted by Crippen LogP contribution is 2.25. The molecule has 19 heavy (non-hydrogen) atoms. The Morgan fingerprint density at radius 3 is 2.58 bits per heavy atom. The molecule has 0 saturated carbocycles. The van der Waals surface area contributed by atoms with Crippen LogP contribution in [-0.2, 0) is 0 Å². The first-order chi connectivity index (χ1) is 9.13. The molecule has 0 radical (unpaired) electrons. The number of halogens is 2. The summed E-state index contributed by atoms with van der Waals surface area (Å²) in [6.45, 7) is 3.53. The second kappa shape index (κ2) is 4.66. The van der Waals surface area contributed by atoms with E-state index >= 15 is 0 Å². The van der Waals surface area contributed by atoms with Crippen molar-refractivity contribution in [3.05, 3.63) is 47.4 Å². The lowest BCUT2D eigenvalue weighted by Crippen LogP contribution is -2.41. The van der Waals surface area contributed by atoms with Gasteiger partial charge in [0.1, 0.15) is 17.5 Å². The van der Waals surface area contributed by atoms with E-state index < -0.39 is 11.6 Å². The molecule has 2 heterocycles. The fraction of sp³-hybridized carbons (Fsp3) is 0.286. The summed E-state index contributed by atoms with van der Waals surface area (Å²) in [6.07, 6.45) is 0. The molecule has 1 aromatic carbocycles. The summed E-state index contributed by atoms with van der Waals surface area (Å²) < 4.78 is 26.7. The van der Waals surface area contributed by atoms with Crippen molar-refractivity contribution in [2.75, 3.05) is 13.1 Å². The van der Waals surface area contributed by atoms with E-state index in [-0.39, 0.29) is 5.92 Å². The first-order valence-electron chi connectivity index (χ1n) is 6.15. The first kappa shape index (κ1) is 12.2. The van der Waals surface area contributed by atoms with Crippen LogP contribution in [0.2, 0.25) is 0 Å². The molecule has 2 aromatic rings. The number of nitrogens with zero attached hydrogens (tertiary/aromatic N) is 2. The average molecular weight is 261 g/mol. The summed E-state index contributed by atoms with van der Waals surface area (Å²) in [5.74, 6) is -0.189. The second-order valence-corrected chi connectivity index (χ2v) is 4.73. The maximum atomic E-state index is 13.8. The normalized spacial score (nSPS) is 15.3. The van der Waals surface area contributed by atoms with Gasteiger partial charge in [-0.05, 0) is 25.1 Å².